The number of aryl methyl sites for hydroxylation is 1. The molecule has 2 rings (SSSR count). The van der Waals surface area contributed by atoms with Gasteiger partial charge in [0.2, 0.25) is 0 Å². The van der Waals surface area contributed by atoms with E-state index >= 15 is 0 Å². The Morgan fingerprint density at radius 1 is 1.45 bits per heavy atom. The first kappa shape index (κ1) is 7.29. The Morgan fingerprint density at radius 3 is 2.73 bits per heavy atom. The van der Waals surface area contributed by atoms with Crippen LogP contribution in [-0.2, 0) is 0 Å². The maximum atomic E-state index is 4.11. The maximum Gasteiger partial charge on any atom is 0.0413 e. The van der Waals surface area contributed by atoms with Crippen molar-refractivity contribution in [2.75, 3.05) is 0 Å². The Bertz CT molecular complexity index is 259. The van der Waals surface area contributed by atoms with Gasteiger partial charge in [0.05, 0.1) is 0 Å². The molecule has 1 fully saturated rings. The summed E-state index contributed by atoms with van der Waals surface area (Å²) in [5.74, 6) is 0.812. The molecule has 1 aromatic heterocycles. The van der Waals surface area contributed by atoms with Crippen LogP contribution in [0.5, 0.6) is 0 Å². The summed E-state index contributed by atoms with van der Waals surface area (Å²) in [5, 5.41) is 0. The molecule has 0 aromatic carbocycles. The molecule has 1 nitrogen and oxygen atoms in total. The van der Waals surface area contributed by atoms with Crippen molar-refractivity contribution in [3.05, 3.63) is 28.0 Å². The van der Waals surface area contributed by atoms with Crippen LogP contribution in [0.4, 0.5) is 0 Å². The number of hydrogen-bond donors (Lipinski definition) is 0. The molecule has 0 unspecified atom stereocenters. The third kappa shape index (κ3) is 1.32. The lowest BCUT2D eigenvalue weighted by Gasteiger charge is -2.04. The Labute approximate surface area is 75.0 Å². The van der Waals surface area contributed by atoms with Gasteiger partial charge in [0, 0.05) is 16.9 Å². The van der Waals surface area contributed by atoms with E-state index in [4.69, 9.17) is 0 Å². The molecule has 0 N–H and O–H groups in total. The van der Waals surface area contributed by atoms with E-state index in [1.807, 2.05) is 12.4 Å². The first-order valence-electron chi connectivity index (χ1n) is 3.89. The van der Waals surface area contributed by atoms with Crippen LogP contribution in [0.15, 0.2) is 16.9 Å². The second-order valence-electron chi connectivity index (χ2n) is 3.13. The molecule has 1 aliphatic carbocycles. The van der Waals surface area contributed by atoms with Gasteiger partial charge in [-0.2, -0.15) is 0 Å². The van der Waals surface area contributed by atoms with Gasteiger partial charge < -0.3 is 0 Å². The molecule has 0 aliphatic heterocycles. The van der Waals surface area contributed by atoms with Crippen molar-refractivity contribution < 1.29 is 0 Å². The Morgan fingerprint density at radius 2 is 2.18 bits per heavy atom. The van der Waals surface area contributed by atoms with Crippen LogP contribution in [0.1, 0.15) is 29.9 Å². The van der Waals surface area contributed by atoms with E-state index in [0.717, 1.165) is 5.92 Å². The predicted octanol–water partition coefficient (Wildman–Crippen LogP) is 3.03. The fourth-order valence-electron chi connectivity index (χ4n) is 1.43. The molecule has 2 heteroatoms. The van der Waals surface area contributed by atoms with Crippen LogP contribution in [0, 0.1) is 6.92 Å². The van der Waals surface area contributed by atoms with E-state index in [2.05, 4.69) is 27.8 Å². The lowest BCUT2D eigenvalue weighted by Crippen LogP contribution is -1.88. The molecule has 1 saturated carbocycles. The van der Waals surface area contributed by atoms with Gasteiger partial charge in [-0.15, -0.1) is 0 Å². The van der Waals surface area contributed by atoms with Crippen molar-refractivity contribution >= 4 is 15.9 Å². The summed E-state index contributed by atoms with van der Waals surface area (Å²) in [6.07, 6.45) is 6.53. The predicted molar refractivity (Wildman–Crippen MR) is 48.6 cm³/mol. The van der Waals surface area contributed by atoms with E-state index in [-0.39, 0.29) is 0 Å². The SMILES string of the molecule is Cc1cncc(Br)c1C1CC1. The minimum atomic E-state index is 0.812. The van der Waals surface area contributed by atoms with Crippen LogP contribution >= 0.6 is 15.9 Å². The third-order valence-electron chi connectivity index (χ3n) is 2.12. The van der Waals surface area contributed by atoms with Gasteiger partial charge in [0.25, 0.3) is 0 Å². The molecule has 0 saturated heterocycles. The second kappa shape index (κ2) is 2.59. The summed E-state index contributed by atoms with van der Waals surface area (Å²) >= 11 is 3.53. The Hall–Kier alpha value is -0.370. The van der Waals surface area contributed by atoms with Crippen molar-refractivity contribution in [1.82, 2.24) is 4.98 Å². The number of pyridine rings is 1. The van der Waals surface area contributed by atoms with Gasteiger partial charge in [-0.3, -0.25) is 4.98 Å². The highest BCUT2D eigenvalue weighted by atomic mass is 79.9. The Balaban J connectivity index is 2.48. The molecule has 0 atom stereocenters. The van der Waals surface area contributed by atoms with Crippen molar-refractivity contribution in [2.45, 2.75) is 25.7 Å². The zero-order chi connectivity index (χ0) is 7.84. The van der Waals surface area contributed by atoms with Gasteiger partial charge in [-0.05, 0) is 52.7 Å². The normalized spacial score (nSPS) is 16.9. The summed E-state index contributed by atoms with van der Waals surface area (Å²) < 4.78 is 1.18. The summed E-state index contributed by atoms with van der Waals surface area (Å²) in [5.41, 5.74) is 2.79. The smallest absolute Gasteiger partial charge is 0.0413 e. The van der Waals surface area contributed by atoms with Crippen LogP contribution in [0.2, 0.25) is 0 Å². The van der Waals surface area contributed by atoms with Gasteiger partial charge in [-0.25, -0.2) is 0 Å². The minimum Gasteiger partial charge on any atom is -0.263 e. The lowest BCUT2D eigenvalue weighted by molar-refractivity contribution is 1.06. The van der Waals surface area contributed by atoms with E-state index < -0.39 is 0 Å². The third-order valence-corrected chi connectivity index (χ3v) is 2.76. The first-order chi connectivity index (χ1) is 5.29. The molecule has 0 spiro atoms. The minimum absolute atomic E-state index is 0.812. The summed E-state index contributed by atoms with van der Waals surface area (Å²) in [4.78, 5) is 4.11. The van der Waals surface area contributed by atoms with Gasteiger partial charge in [-0.1, -0.05) is 0 Å². The summed E-state index contributed by atoms with van der Waals surface area (Å²) in [6, 6.07) is 0. The van der Waals surface area contributed by atoms with E-state index in [1.54, 1.807) is 0 Å². The summed E-state index contributed by atoms with van der Waals surface area (Å²) in [7, 11) is 0. The topological polar surface area (TPSA) is 12.9 Å². The van der Waals surface area contributed by atoms with Crippen molar-refractivity contribution in [3.63, 3.8) is 0 Å². The standard InChI is InChI=1S/C9H10BrN/c1-6-4-11-5-8(10)9(6)7-2-3-7/h4-5,7H,2-3H2,1H3. The molecule has 58 valence electrons. The van der Waals surface area contributed by atoms with Crippen LogP contribution in [0.25, 0.3) is 0 Å². The Kier molecular flexibility index (Phi) is 1.72. The number of rotatable bonds is 1. The lowest BCUT2D eigenvalue weighted by atomic mass is 10.1. The molecule has 0 radical (unpaired) electrons. The molecule has 1 aliphatic rings. The van der Waals surface area contributed by atoms with E-state index in [1.165, 1.54) is 28.4 Å². The fourth-order valence-corrected chi connectivity index (χ4v) is 2.19. The molecule has 11 heavy (non-hydrogen) atoms. The molecular weight excluding hydrogens is 202 g/mol. The largest absolute Gasteiger partial charge is 0.263 e. The monoisotopic (exact) mass is 211 g/mol. The molecular formula is C9H10BrN. The van der Waals surface area contributed by atoms with Crippen LogP contribution in [-0.4, -0.2) is 4.98 Å². The average molecular weight is 212 g/mol. The van der Waals surface area contributed by atoms with E-state index in [9.17, 15) is 0 Å². The van der Waals surface area contributed by atoms with Gasteiger partial charge >= 0.3 is 0 Å². The number of aromatic nitrogens is 1. The van der Waals surface area contributed by atoms with Crippen LogP contribution in [0.3, 0.4) is 0 Å². The van der Waals surface area contributed by atoms with Gasteiger partial charge in [0.1, 0.15) is 0 Å². The molecule has 1 heterocycles. The molecule has 0 amide bonds. The van der Waals surface area contributed by atoms with Crippen molar-refractivity contribution in [3.8, 4) is 0 Å². The highest BCUT2D eigenvalue weighted by Crippen LogP contribution is 2.44. The quantitative estimate of drug-likeness (QED) is 0.697. The van der Waals surface area contributed by atoms with Crippen LogP contribution < -0.4 is 0 Å². The number of hydrogen-bond acceptors (Lipinski definition) is 1. The molecule has 0 bridgehead atoms. The number of nitrogens with zero attached hydrogens (tertiary/aromatic N) is 1. The van der Waals surface area contributed by atoms with Gasteiger partial charge in [0.15, 0.2) is 0 Å². The first-order valence-corrected chi connectivity index (χ1v) is 4.68. The molecule has 1 aromatic rings. The maximum absolute atomic E-state index is 4.11. The second-order valence-corrected chi connectivity index (χ2v) is 3.98. The zero-order valence-electron chi connectivity index (χ0n) is 6.47. The summed E-state index contributed by atoms with van der Waals surface area (Å²) in [6.45, 7) is 2.13. The van der Waals surface area contributed by atoms with Crippen molar-refractivity contribution in [2.24, 2.45) is 0 Å². The fraction of sp³-hybridized carbons (Fsp3) is 0.444. The number of halogens is 1. The van der Waals surface area contributed by atoms with E-state index in [0.29, 0.717) is 0 Å². The highest BCUT2D eigenvalue weighted by molar-refractivity contribution is 9.10. The zero-order valence-corrected chi connectivity index (χ0v) is 8.06. The van der Waals surface area contributed by atoms with Crippen molar-refractivity contribution in [1.29, 1.82) is 0 Å². The highest BCUT2D eigenvalue weighted by Gasteiger charge is 2.26. The average Bonchev–Trinajstić information content (AvgIpc) is 2.70.